The van der Waals surface area contributed by atoms with Gasteiger partial charge in [-0.1, -0.05) is 6.42 Å². The van der Waals surface area contributed by atoms with Gasteiger partial charge in [-0.25, -0.2) is 0 Å². The van der Waals surface area contributed by atoms with Gasteiger partial charge in [0, 0.05) is 13.0 Å². The third-order valence-corrected chi connectivity index (χ3v) is 2.70. The van der Waals surface area contributed by atoms with Crippen LogP contribution in [-0.2, 0) is 19.1 Å². The molecule has 0 radical (unpaired) electrons. The summed E-state index contributed by atoms with van der Waals surface area (Å²) in [4.78, 5) is 35.2. The first-order valence-corrected chi connectivity index (χ1v) is 5.77. The molecule has 0 saturated carbocycles. The van der Waals surface area contributed by atoms with E-state index in [1.165, 1.54) is 11.8 Å². The fourth-order valence-electron chi connectivity index (χ4n) is 1.65. The number of hydrogen-bond donors (Lipinski definition) is 1. The summed E-state index contributed by atoms with van der Waals surface area (Å²) in [7, 11) is 0. The van der Waals surface area contributed by atoms with Crippen LogP contribution in [-0.4, -0.2) is 41.9 Å². The maximum absolute atomic E-state index is 11.6. The van der Waals surface area contributed by atoms with Crippen LogP contribution in [0.3, 0.4) is 0 Å². The molecule has 17 heavy (non-hydrogen) atoms. The Bertz CT molecular complexity index is 317. The van der Waals surface area contributed by atoms with Gasteiger partial charge >= 0.3 is 5.97 Å². The summed E-state index contributed by atoms with van der Waals surface area (Å²) in [6.07, 6.45) is 2.27. The first-order valence-electron chi connectivity index (χ1n) is 5.77. The van der Waals surface area contributed by atoms with Crippen molar-refractivity contribution in [3.8, 4) is 0 Å². The normalized spacial score (nSPS) is 18.4. The molecular formula is C11H18N2O4. The topological polar surface area (TPSA) is 89.7 Å². The van der Waals surface area contributed by atoms with Crippen LogP contribution in [0, 0.1) is 0 Å². The molecule has 0 aliphatic carbocycles. The summed E-state index contributed by atoms with van der Waals surface area (Å²) < 4.78 is 4.80. The number of nitrogens with two attached hydrogens (primary N) is 1. The molecule has 0 aromatic carbocycles. The molecule has 6 heteroatoms. The Morgan fingerprint density at radius 1 is 1.41 bits per heavy atom. The summed E-state index contributed by atoms with van der Waals surface area (Å²) in [5.74, 6) is -1.32. The lowest BCUT2D eigenvalue weighted by Gasteiger charge is -2.20. The molecule has 0 unspecified atom stereocenters. The second-order valence-corrected chi connectivity index (χ2v) is 4.16. The zero-order chi connectivity index (χ0) is 12.8. The summed E-state index contributed by atoms with van der Waals surface area (Å²) >= 11 is 0. The van der Waals surface area contributed by atoms with E-state index >= 15 is 0 Å². The monoisotopic (exact) mass is 242 g/mol. The van der Waals surface area contributed by atoms with Crippen LogP contribution in [0.25, 0.3) is 0 Å². The molecule has 1 aliphatic heterocycles. The number of ether oxygens (including phenoxy) is 1. The van der Waals surface area contributed by atoms with Gasteiger partial charge in [-0.15, -0.1) is 0 Å². The molecule has 1 atom stereocenters. The van der Waals surface area contributed by atoms with Crippen LogP contribution < -0.4 is 5.73 Å². The van der Waals surface area contributed by atoms with Crippen LogP contribution in [0.15, 0.2) is 0 Å². The van der Waals surface area contributed by atoms with Crippen LogP contribution in [0.4, 0.5) is 0 Å². The van der Waals surface area contributed by atoms with Crippen molar-refractivity contribution in [1.82, 2.24) is 4.90 Å². The van der Waals surface area contributed by atoms with Gasteiger partial charge in [0.15, 0.2) is 6.10 Å². The summed E-state index contributed by atoms with van der Waals surface area (Å²) in [5, 5.41) is 0. The smallest absolute Gasteiger partial charge is 0.326 e. The Balaban J connectivity index is 2.43. The fraction of sp³-hybridized carbons (Fsp3) is 0.727. The highest BCUT2D eigenvalue weighted by Crippen LogP contribution is 2.11. The van der Waals surface area contributed by atoms with E-state index in [9.17, 15) is 14.4 Å². The Morgan fingerprint density at radius 3 is 2.76 bits per heavy atom. The second-order valence-electron chi connectivity index (χ2n) is 4.16. The summed E-state index contributed by atoms with van der Waals surface area (Å²) in [5.41, 5.74) is 4.97. The number of nitrogens with zero attached hydrogens (tertiary/aromatic N) is 1. The second kappa shape index (κ2) is 6.22. The number of carbonyl (C=O) groups is 3. The molecule has 2 N–H and O–H groups in total. The molecule has 1 aliphatic rings. The Labute approximate surface area is 100 Å². The number of carbonyl (C=O) groups excluding carboxylic acids is 3. The minimum atomic E-state index is -0.954. The Kier molecular flexibility index (Phi) is 4.93. The van der Waals surface area contributed by atoms with Gasteiger partial charge in [-0.2, -0.15) is 0 Å². The molecule has 1 rings (SSSR count). The highest BCUT2D eigenvalue weighted by molar-refractivity contribution is 5.85. The quantitative estimate of drug-likeness (QED) is 0.692. The van der Waals surface area contributed by atoms with Crippen molar-refractivity contribution in [3.63, 3.8) is 0 Å². The van der Waals surface area contributed by atoms with Crippen molar-refractivity contribution >= 4 is 17.8 Å². The third kappa shape index (κ3) is 4.42. The van der Waals surface area contributed by atoms with E-state index in [4.69, 9.17) is 10.5 Å². The molecule has 1 saturated heterocycles. The van der Waals surface area contributed by atoms with E-state index < -0.39 is 18.0 Å². The first-order chi connectivity index (χ1) is 8.00. The summed E-state index contributed by atoms with van der Waals surface area (Å²) in [6.45, 7) is 1.87. The highest BCUT2D eigenvalue weighted by Gasteiger charge is 2.22. The van der Waals surface area contributed by atoms with Gasteiger partial charge in [0.2, 0.25) is 5.91 Å². The van der Waals surface area contributed by atoms with Crippen LogP contribution >= 0.6 is 0 Å². The van der Waals surface area contributed by atoms with Crippen molar-refractivity contribution in [1.29, 1.82) is 0 Å². The van der Waals surface area contributed by atoms with Crippen molar-refractivity contribution in [2.24, 2.45) is 5.73 Å². The van der Waals surface area contributed by atoms with Crippen LogP contribution in [0.1, 0.15) is 32.6 Å². The average Bonchev–Trinajstić information content (AvgIpc) is 2.44. The lowest BCUT2D eigenvalue weighted by molar-refractivity contribution is -0.156. The SMILES string of the molecule is C[C@@H](OC(=O)CN1CCCCCC1=O)C(N)=O. The van der Waals surface area contributed by atoms with Gasteiger partial charge < -0.3 is 15.4 Å². The molecule has 96 valence electrons. The van der Waals surface area contributed by atoms with Gasteiger partial charge in [-0.3, -0.25) is 14.4 Å². The number of rotatable bonds is 4. The predicted octanol–water partition coefficient (Wildman–Crippen LogP) is -0.194. The zero-order valence-corrected chi connectivity index (χ0v) is 9.98. The Hall–Kier alpha value is -1.59. The van der Waals surface area contributed by atoms with E-state index in [1.807, 2.05) is 0 Å². The lowest BCUT2D eigenvalue weighted by atomic mass is 10.2. The maximum atomic E-state index is 11.6. The molecule has 1 heterocycles. The van der Waals surface area contributed by atoms with Crippen molar-refractivity contribution in [3.05, 3.63) is 0 Å². The van der Waals surface area contributed by atoms with Crippen molar-refractivity contribution in [2.45, 2.75) is 38.7 Å². The molecular weight excluding hydrogens is 224 g/mol. The summed E-state index contributed by atoms with van der Waals surface area (Å²) in [6, 6.07) is 0. The van der Waals surface area contributed by atoms with Gasteiger partial charge in [0.05, 0.1) is 0 Å². The Morgan fingerprint density at radius 2 is 2.12 bits per heavy atom. The zero-order valence-electron chi connectivity index (χ0n) is 9.98. The minimum Gasteiger partial charge on any atom is -0.451 e. The van der Waals surface area contributed by atoms with E-state index in [0.717, 1.165) is 19.3 Å². The van der Waals surface area contributed by atoms with Crippen LogP contribution in [0.5, 0.6) is 0 Å². The predicted molar refractivity (Wildman–Crippen MR) is 59.8 cm³/mol. The lowest BCUT2D eigenvalue weighted by Crippen LogP contribution is -2.39. The maximum Gasteiger partial charge on any atom is 0.326 e. The van der Waals surface area contributed by atoms with Crippen molar-refractivity contribution in [2.75, 3.05) is 13.1 Å². The standard InChI is InChI=1S/C11H18N2O4/c1-8(11(12)16)17-10(15)7-13-6-4-2-3-5-9(13)14/h8H,2-7H2,1H3,(H2,12,16)/t8-/m1/s1. The first kappa shape index (κ1) is 13.5. The number of primary amides is 1. The molecule has 0 bridgehead atoms. The van der Waals surface area contributed by atoms with E-state index in [0.29, 0.717) is 13.0 Å². The highest BCUT2D eigenvalue weighted by atomic mass is 16.5. The molecule has 6 nitrogen and oxygen atoms in total. The average molecular weight is 242 g/mol. The van der Waals surface area contributed by atoms with Gasteiger partial charge in [-0.05, 0) is 19.8 Å². The molecule has 1 fully saturated rings. The largest absolute Gasteiger partial charge is 0.451 e. The van der Waals surface area contributed by atoms with E-state index in [-0.39, 0.29) is 12.5 Å². The van der Waals surface area contributed by atoms with Gasteiger partial charge in [0.1, 0.15) is 6.54 Å². The van der Waals surface area contributed by atoms with Gasteiger partial charge in [0.25, 0.3) is 5.91 Å². The van der Waals surface area contributed by atoms with E-state index in [2.05, 4.69) is 0 Å². The van der Waals surface area contributed by atoms with E-state index in [1.54, 1.807) is 0 Å². The number of esters is 1. The van der Waals surface area contributed by atoms with Crippen LogP contribution in [0.2, 0.25) is 0 Å². The fourth-order valence-corrected chi connectivity index (χ4v) is 1.65. The number of hydrogen-bond acceptors (Lipinski definition) is 4. The minimum absolute atomic E-state index is 0.0359. The van der Waals surface area contributed by atoms with Crippen molar-refractivity contribution < 1.29 is 19.1 Å². The molecule has 0 spiro atoms. The molecule has 0 aromatic rings. The number of likely N-dealkylation sites (tertiary alicyclic amines) is 1. The molecule has 2 amide bonds. The number of amides is 2. The molecule has 0 aromatic heterocycles. The third-order valence-electron chi connectivity index (χ3n) is 2.70.